The van der Waals surface area contributed by atoms with Gasteiger partial charge in [-0.2, -0.15) is 0 Å². The van der Waals surface area contributed by atoms with E-state index in [-0.39, 0.29) is 18.0 Å². The maximum atomic E-state index is 13.7. The first-order valence-electron chi connectivity index (χ1n) is 6.23. The van der Waals surface area contributed by atoms with Crippen LogP contribution in [0.1, 0.15) is 10.4 Å². The van der Waals surface area contributed by atoms with E-state index in [1.54, 1.807) is 0 Å². The van der Waals surface area contributed by atoms with Crippen molar-refractivity contribution < 1.29 is 18.4 Å². The Morgan fingerprint density at radius 2 is 2.15 bits per heavy atom. The van der Waals surface area contributed by atoms with E-state index in [0.29, 0.717) is 19.2 Å². The zero-order chi connectivity index (χ0) is 14.7. The minimum absolute atomic E-state index is 0.234. The van der Waals surface area contributed by atoms with E-state index in [2.05, 4.69) is 10.6 Å². The molecule has 1 saturated heterocycles. The molecule has 5 nitrogen and oxygen atoms in total. The first-order chi connectivity index (χ1) is 9.54. The van der Waals surface area contributed by atoms with Crippen LogP contribution in [0.4, 0.5) is 8.78 Å². The monoisotopic (exact) mass is 283 g/mol. The maximum Gasteiger partial charge on any atom is 0.257 e. The number of piperazine rings is 1. The number of likely N-dealkylation sites (N-methyl/N-ethyl adjacent to an activating group) is 1. The summed E-state index contributed by atoms with van der Waals surface area (Å²) in [6.45, 7) is 1.10. The lowest BCUT2D eigenvalue weighted by atomic mass is 10.1. The van der Waals surface area contributed by atoms with Crippen LogP contribution in [-0.4, -0.2) is 49.4 Å². The second kappa shape index (κ2) is 5.96. The molecule has 1 heterocycles. The van der Waals surface area contributed by atoms with Crippen LogP contribution in [0.2, 0.25) is 0 Å². The third-order valence-corrected chi connectivity index (χ3v) is 3.21. The van der Waals surface area contributed by atoms with Crippen LogP contribution in [-0.2, 0) is 4.79 Å². The molecule has 1 aliphatic heterocycles. The predicted octanol–water partition coefficient (Wildman–Crippen LogP) is 0.125. The number of carbonyl (C=O) groups is 2. The van der Waals surface area contributed by atoms with Gasteiger partial charge in [0.1, 0.15) is 17.7 Å². The Labute approximate surface area is 114 Å². The van der Waals surface area contributed by atoms with Crippen LogP contribution in [0.15, 0.2) is 18.2 Å². The number of benzene rings is 1. The van der Waals surface area contributed by atoms with Gasteiger partial charge < -0.3 is 15.5 Å². The Balaban J connectivity index is 2.27. The molecule has 108 valence electrons. The Bertz CT molecular complexity index is 536. The van der Waals surface area contributed by atoms with E-state index in [1.165, 1.54) is 11.9 Å². The molecule has 7 heteroatoms. The van der Waals surface area contributed by atoms with Crippen molar-refractivity contribution in [2.75, 3.05) is 26.7 Å². The number of nitrogens with zero attached hydrogens (tertiary/aromatic N) is 1. The van der Waals surface area contributed by atoms with Gasteiger partial charge in [-0.3, -0.25) is 9.59 Å². The molecule has 0 aromatic heterocycles. The smallest absolute Gasteiger partial charge is 0.257 e. The topological polar surface area (TPSA) is 61.4 Å². The normalized spacial score (nSPS) is 18.8. The minimum Gasteiger partial charge on any atom is -0.357 e. The third kappa shape index (κ3) is 2.77. The van der Waals surface area contributed by atoms with Gasteiger partial charge in [-0.25, -0.2) is 8.78 Å². The van der Waals surface area contributed by atoms with Gasteiger partial charge in [0.05, 0.1) is 5.56 Å². The lowest BCUT2D eigenvalue weighted by Gasteiger charge is -2.35. The average molecular weight is 283 g/mol. The molecule has 0 bridgehead atoms. The summed E-state index contributed by atoms with van der Waals surface area (Å²) in [6.07, 6.45) is 0. The van der Waals surface area contributed by atoms with Gasteiger partial charge in [0, 0.05) is 32.7 Å². The fraction of sp³-hybridized carbons (Fsp3) is 0.385. The number of hydrogen-bond acceptors (Lipinski definition) is 3. The molecule has 1 aromatic carbocycles. The highest BCUT2D eigenvalue weighted by Crippen LogP contribution is 2.15. The highest BCUT2D eigenvalue weighted by atomic mass is 19.1. The van der Waals surface area contributed by atoms with Crippen molar-refractivity contribution in [3.63, 3.8) is 0 Å². The van der Waals surface area contributed by atoms with Gasteiger partial charge >= 0.3 is 0 Å². The van der Waals surface area contributed by atoms with Crippen LogP contribution in [0.5, 0.6) is 0 Å². The number of amides is 2. The average Bonchev–Trinajstić information content (AvgIpc) is 2.46. The van der Waals surface area contributed by atoms with Crippen molar-refractivity contribution in [1.82, 2.24) is 15.5 Å². The molecular weight excluding hydrogens is 268 g/mol. The summed E-state index contributed by atoms with van der Waals surface area (Å²) in [7, 11) is 1.47. The largest absolute Gasteiger partial charge is 0.357 e. The van der Waals surface area contributed by atoms with Crippen molar-refractivity contribution in [2.45, 2.75) is 6.04 Å². The number of carbonyl (C=O) groups excluding carboxylic acids is 2. The van der Waals surface area contributed by atoms with Crippen molar-refractivity contribution in [2.24, 2.45) is 0 Å². The molecule has 1 unspecified atom stereocenters. The van der Waals surface area contributed by atoms with Crippen LogP contribution in [0, 0.1) is 11.6 Å². The zero-order valence-electron chi connectivity index (χ0n) is 11.0. The van der Waals surface area contributed by atoms with Crippen LogP contribution >= 0.6 is 0 Å². The van der Waals surface area contributed by atoms with Crippen molar-refractivity contribution in [3.05, 3.63) is 35.4 Å². The standard InChI is InChI=1S/C13H15F2N3O2/c1-16-12(19)11-7-17-4-5-18(11)13(20)9-3-2-8(14)6-10(9)15/h2-3,6,11,17H,4-5,7H2,1H3,(H,16,19). The van der Waals surface area contributed by atoms with Crippen LogP contribution < -0.4 is 10.6 Å². The Morgan fingerprint density at radius 1 is 1.40 bits per heavy atom. The lowest BCUT2D eigenvalue weighted by Crippen LogP contribution is -2.59. The Hall–Kier alpha value is -2.02. The second-order valence-corrected chi connectivity index (χ2v) is 4.46. The second-order valence-electron chi connectivity index (χ2n) is 4.46. The van der Waals surface area contributed by atoms with Crippen molar-refractivity contribution in [1.29, 1.82) is 0 Å². The summed E-state index contributed by atoms with van der Waals surface area (Å²) in [4.78, 5) is 25.4. The highest BCUT2D eigenvalue weighted by molar-refractivity contribution is 5.98. The molecule has 1 fully saturated rings. The van der Waals surface area contributed by atoms with Gasteiger partial charge in [0.2, 0.25) is 5.91 Å². The third-order valence-electron chi connectivity index (χ3n) is 3.21. The molecule has 0 saturated carbocycles. The summed E-state index contributed by atoms with van der Waals surface area (Å²) in [5.74, 6) is -2.61. The van der Waals surface area contributed by atoms with Gasteiger partial charge in [0.15, 0.2) is 0 Å². The molecule has 0 spiro atoms. The minimum atomic E-state index is -0.927. The van der Waals surface area contributed by atoms with Gasteiger partial charge in [0.25, 0.3) is 5.91 Å². The van der Waals surface area contributed by atoms with Crippen molar-refractivity contribution >= 4 is 11.8 Å². The first-order valence-corrected chi connectivity index (χ1v) is 6.23. The fourth-order valence-electron chi connectivity index (χ4n) is 2.17. The van der Waals surface area contributed by atoms with Crippen molar-refractivity contribution in [3.8, 4) is 0 Å². The number of rotatable bonds is 2. The molecule has 2 rings (SSSR count). The summed E-state index contributed by atoms with van der Waals surface area (Å²) < 4.78 is 26.5. The SMILES string of the molecule is CNC(=O)C1CNCCN1C(=O)c1ccc(F)cc1F. The molecular formula is C13H15F2N3O2. The fourth-order valence-corrected chi connectivity index (χ4v) is 2.17. The quantitative estimate of drug-likeness (QED) is 0.811. The Morgan fingerprint density at radius 3 is 2.80 bits per heavy atom. The molecule has 2 amide bonds. The molecule has 1 aliphatic rings. The van der Waals surface area contributed by atoms with E-state index >= 15 is 0 Å². The summed E-state index contributed by atoms with van der Waals surface area (Å²) in [5, 5.41) is 5.47. The van der Waals surface area contributed by atoms with Crippen LogP contribution in [0.25, 0.3) is 0 Å². The highest BCUT2D eigenvalue weighted by Gasteiger charge is 2.33. The summed E-state index contributed by atoms with van der Waals surface area (Å²) in [5.41, 5.74) is -0.234. The van der Waals surface area contributed by atoms with E-state index in [9.17, 15) is 18.4 Å². The molecule has 0 aliphatic carbocycles. The number of hydrogen-bond donors (Lipinski definition) is 2. The first kappa shape index (κ1) is 14.4. The van der Waals surface area contributed by atoms with Gasteiger partial charge in [-0.15, -0.1) is 0 Å². The summed E-state index contributed by atoms with van der Waals surface area (Å²) >= 11 is 0. The maximum absolute atomic E-state index is 13.7. The van der Waals surface area contributed by atoms with E-state index in [0.717, 1.165) is 12.1 Å². The zero-order valence-corrected chi connectivity index (χ0v) is 11.0. The van der Waals surface area contributed by atoms with Gasteiger partial charge in [-0.1, -0.05) is 0 Å². The summed E-state index contributed by atoms with van der Waals surface area (Å²) in [6, 6.07) is 2.07. The van der Waals surface area contributed by atoms with E-state index in [1.807, 2.05) is 0 Å². The molecule has 2 N–H and O–H groups in total. The lowest BCUT2D eigenvalue weighted by molar-refractivity contribution is -0.125. The predicted molar refractivity (Wildman–Crippen MR) is 68.1 cm³/mol. The number of nitrogens with one attached hydrogen (secondary N) is 2. The van der Waals surface area contributed by atoms with E-state index < -0.39 is 23.6 Å². The number of halogens is 2. The molecule has 1 atom stereocenters. The van der Waals surface area contributed by atoms with Crippen LogP contribution in [0.3, 0.4) is 0 Å². The van der Waals surface area contributed by atoms with Gasteiger partial charge in [-0.05, 0) is 12.1 Å². The van der Waals surface area contributed by atoms with E-state index in [4.69, 9.17) is 0 Å². The molecule has 20 heavy (non-hydrogen) atoms. The molecule has 1 aromatic rings. The Kier molecular flexibility index (Phi) is 4.29. The molecule has 0 radical (unpaired) electrons.